The molecule has 2 heterocycles. The largest absolute Gasteiger partial charge is 0.402 e. The molecule has 6 aromatic carbocycles. The molecule has 0 saturated heterocycles. The Morgan fingerprint density at radius 1 is 0.429 bits per heavy atom. The molecule has 8 aromatic rings. The average molecular weight is 647 g/mol. The lowest BCUT2D eigenvalue weighted by Crippen LogP contribution is -2.40. The number of alkyl halides is 3. The number of halogens is 3. The second kappa shape index (κ2) is 11.9. The van der Waals surface area contributed by atoms with E-state index >= 15 is 13.2 Å². The van der Waals surface area contributed by atoms with Gasteiger partial charge in [0.1, 0.15) is 5.41 Å². The van der Waals surface area contributed by atoms with E-state index in [9.17, 15) is 0 Å². The second-order valence-corrected chi connectivity index (χ2v) is 12.2. The summed E-state index contributed by atoms with van der Waals surface area (Å²) in [7, 11) is 0. The Morgan fingerprint density at radius 2 is 0.796 bits per heavy atom. The van der Waals surface area contributed by atoms with Crippen LogP contribution in [0.4, 0.5) is 13.2 Å². The van der Waals surface area contributed by atoms with E-state index in [0.717, 1.165) is 38.6 Å². The van der Waals surface area contributed by atoms with Crippen LogP contribution < -0.4 is 0 Å². The van der Waals surface area contributed by atoms with Gasteiger partial charge in [-0.1, -0.05) is 133 Å². The van der Waals surface area contributed by atoms with E-state index in [1.165, 1.54) is 19.1 Å². The van der Waals surface area contributed by atoms with Crippen molar-refractivity contribution < 1.29 is 13.2 Å². The van der Waals surface area contributed by atoms with E-state index in [0.29, 0.717) is 23.0 Å². The molecule has 0 fully saturated rings. The van der Waals surface area contributed by atoms with Crippen LogP contribution >= 0.6 is 0 Å². The van der Waals surface area contributed by atoms with Crippen molar-refractivity contribution in [2.75, 3.05) is 0 Å². The van der Waals surface area contributed by atoms with Gasteiger partial charge < -0.3 is 4.57 Å². The Kier molecular flexibility index (Phi) is 7.33. The number of para-hydroxylation sites is 2. The zero-order chi connectivity index (χ0) is 33.6. The summed E-state index contributed by atoms with van der Waals surface area (Å²) < 4.78 is 47.5. The van der Waals surface area contributed by atoms with E-state index in [-0.39, 0.29) is 11.1 Å². The lowest BCUT2D eigenvalue weighted by molar-refractivity contribution is -0.173. The van der Waals surface area contributed by atoms with Crippen molar-refractivity contribution in [3.8, 4) is 39.9 Å². The Labute approximate surface area is 281 Å². The molecule has 0 radical (unpaired) electrons. The van der Waals surface area contributed by atoms with Gasteiger partial charge in [0.15, 0.2) is 17.5 Å². The molecule has 1 atom stereocenters. The molecule has 49 heavy (non-hydrogen) atoms. The smallest absolute Gasteiger partial charge is 0.309 e. The van der Waals surface area contributed by atoms with Crippen LogP contribution in [0.15, 0.2) is 158 Å². The maximum Gasteiger partial charge on any atom is 0.402 e. The van der Waals surface area contributed by atoms with Crippen molar-refractivity contribution in [2.45, 2.75) is 18.5 Å². The number of hydrogen-bond acceptors (Lipinski definition) is 3. The Balaban J connectivity index is 1.19. The molecule has 0 spiro atoms. The van der Waals surface area contributed by atoms with Crippen molar-refractivity contribution in [1.29, 1.82) is 0 Å². The maximum absolute atomic E-state index is 15.1. The molecular formula is C42H29F3N4. The number of aromatic nitrogens is 4. The van der Waals surface area contributed by atoms with Gasteiger partial charge in [-0.05, 0) is 42.3 Å². The normalized spacial score (nSPS) is 13.1. The zero-order valence-electron chi connectivity index (χ0n) is 26.4. The van der Waals surface area contributed by atoms with Gasteiger partial charge in [0.25, 0.3) is 0 Å². The summed E-state index contributed by atoms with van der Waals surface area (Å²) in [5.74, 6) is 1.34. The molecule has 2 aromatic heterocycles. The van der Waals surface area contributed by atoms with Gasteiger partial charge in [-0.2, -0.15) is 13.2 Å². The van der Waals surface area contributed by atoms with Gasteiger partial charge in [0, 0.05) is 33.2 Å². The molecule has 0 amide bonds. The van der Waals surface area contributed by atoms with Crippen LogP contribution in [0.1, 0.15) is 18.1 Å². The molecule has 0 N–H and O–H groups in total. The first-order valence-electron chi connectivity index (χ1n) is 15.9. The summed E-state index contributed by atoms with van der Waals surface area (Å²) in [5.41, 5.74) is 3.00. The van der Waals surface area contributed by atoms with E-state index in [1.54, 1.807) is 36.4 Å². The maximum atomic E-state index is 15.1. The fourth-order valence-corrected chi connectivity index (χ4v) is 6.53. The van der Waals surface area contributed by atoms with Gasteiger partial charge in [0.2, 0.25) is 0 Å². The fraction of sp³-hybridized carbons (Fsp3) is 0.0714. The highest BCUT2D eigenvalue weighted by Gasteiger charge is 2.53. The molecule has 8 rings (SSSR count). The zero-order valence-corrected chi connectivity index (χ0v) is 26.4. The van der Waals surface area contributed by atoms with Crippen molar-refractivity contribution in [3.63, 3.8) is 0 Å². The highest BCUT2D eigenvalue weighted by Crippen LogP contribution is 2.47. The predicted octanol–water partition coefficient (Wildman–Crippen LogP) is 10.8. The minimum atomic E-state index is -4.57. The van der Waals surface area contributed by atoms with Crippen molar-refractivity contribution >= 4 is 21.8 Å². The minimum Gasteiger partial charge on any atom is -0.309 e. The molecule has 0 saturated carbocycles. The Bertz CT molecular complexity index is 2310. The second-order valence-electron chi connectivity index (χ2n) is 12.2. The van der Waals surface area contributed by atoms with E-state index in [2.05, 4.69) is 16.7 Å². The average Bonchev–Trinajstić information content (AvgIpc) is 3.49. The summed E-state index contributed by atoms with van der Waals surface area (Å²) in [6, 6.07) is 48.3. The summed E-state index contributed by atoms with van der Waals surface area (Å²) >= 11 is 0. The van der Waals surface area contributed by atoms with E-state index < -0.39 is 11.6 Å². The lowest BCUT2D eigenvalue weighted by Gasteiger charge is -2.33. The Morgan fingerprint density at radius 3 is 1.22 bits per heavy atom. The van der Waals surface area contributed by atoms with E-state index in [1.807, 2.05) is 97.1 Å². The van der Waals surface area contributed by atoms with Crippen molar-refractivity contribution in [3.05, 3.63) is 169 Å². The van der Waals surface area contributed by atoms with Crippen LogP contribution in [0.25, 0.3) is 61.7 Å². The fourth-order valence-electron chi connectivity index (χ4n) is 6.53. The van der Waals surface area contributed by atoms with Gasteiger partial charge in [-0.3, -0.25) is 0 Å². The van der Waals surface area contributed by atoms with Crippen molar-refractivity contribution in [2.24, 2.45) is 0 Å². The van der Waals surface area contributed by atoms with Gasteiger partial charge in [-0.15, -0.1) is 0 Å². The summed E-state index contributed by atoms with van der Waals surface area (Å²) in [5, 5.41) is 2.18. The number of fused-ring (bicyclic) bond motifs is 3. The number of hydrogen-bond donors (Lipinski definition) is 0. The first-order valence-corrected chi connectivity index (χ1v) is 15.9. The highest BCUT2D eigenvalue weighted by molar-refractivity contribution is 6.09. The van der Waals surface area contributed by atoms with Crippen LogP contribution in [0.3, 0.4) is 0 Å². The standard InChI is InChI=1S/C42H29F3N4/c1-41(42(43,44)45,32-24-26-33(27-25-32)49-36-18-10-8-16-34(36)35-17-9-11-19-37(35)49)31-22-20-30(21-23-31)40-47-38(28-12-4-2-5-13-28)46-39(48-40)29-14-6-3-7-15-29/h2-27H,1H3. The summed E-state index contributed by atoms with van der Waals surface area (Å²) in [6.07, 6.45) is -4.57. The van der Waals surface area contributed by atoms with Crippen LogP contribution in [-0.2, 0) is 5.41 Å². The molecular weight excluding hydrogens is 617 g/mol. The Hall–Kier alpha value is -6.08. The van der Waals surface area contributed by atoms with Crippen LogP contribution in [-0.4, -0.2) is 25.7 Å². The van der Waals surface area contributed by atoms with Gasteiger partial charge >= 0.3 is 6.18 Å². The van der Waals surface area contributed by atoms with Gasteiger partial charge in [-0.25, -0.2) is 15.0 Å². The van der Waals surface area contributed by atoms with Crippen LogP contribution in [0, 0.1) is 0 Å². The third-order valence-corrected chi connectivity index (χ3v) is 9.27. The molecule has 0 aliphatic rings. The SMILES string of the molecule is CC(c1ccc(-c2nc(-c3ccccc3)nc(-c3ccccc3)n2)cc1)(c1ccc(-n2c3ccccc3c3ccccc32)cc1)C(F)(F)F. The third-order valence-electron chi connectivity index (χ3n) is 9.27. The molecule has 0 bridgehead atoms. The highest BCUT2D eigenvalue weighted by atomic mass is 19.4. The summed E-state index contributed by atoms with van der Waals surface area (Å²) in [4.78, 5) is 14.2. The number of rotatable bonds is 6. The number of nitrogens with zero attached hydrogens (tertiary/aromatic N) is 4. The van der Waals surface area contributed by atoms with E-state index in [4.69, 9.17) is 15.0 Å². The van der Waals surface area contributed by atoms with Gasteiger partial charge in [0.05, 0.1) is 11.0 Å². The first-order chi connectivity index (χ1) is 23.8. The molecule has 1 unspecified atom stereocenters. The minimum absolute atomic E-state index is 0.119. The van der Waals surface area contributed by atoms with Crippen LogP contribution in [0.5, 0.6) is 0 Å². The summed E-state index contributed by atoms with van der Waals surface area (Å²) in [6.45, 7) is 1.24. The first kappa shape index (κ1) is 30.3. The molecule has 4 nitrogen and oxygen atoms in total. The monoisotopic (exact) mass is 646 g/mol. The third kappa shape index (κ3) is 5.24. The molecule has 7 heteroatoms. The molecule has 238 valence electrons. The quantitative estimate of drug-likeness (QED) is 0.181. The van der Waals surface area contributed by atoms with Crippen molar-refractivity contribution in [1.82, 2.24) is 19.5 Å². The predicted molar refractivity (Wildman–Crippen MR) is 189 cm³/mol. The van der Waals surface area contributed by atoms with Crippen LogP contribution in [0.2, 0.25) is 0 Å². The topological polar surface area (TPSA) is 43.6 Å². The number of benzene rings is 6. The lowest BCUT2D eigenvalue weighted by atomic mass is 9.75. The molecule has 0 aliphatic heterocycles. The molecule has 0 aliphatic carbocycles.